The molecule has 8 heteroatoms. The first-order valence-corrected chi connectivity index (χ1v) is 8.91. The highest BCUT2D eigenvalue weighted by molar-refractivity contribution is 7.94. The number of carboxylic acids is 1. The number of aromatic nitrogens is 1. The van der Waals surface area contributed by atoms with E-state index in [0.717, 1.165) is 16.9 Å². The highest BCUT2D eigenvalue weighted by Gasteiger charge is 2.37. The molecular weight excluding hydrogens is 324 g/mol. The van der Waals surface area contributed by atoms with Gasteiger partial charge in [0.1, 0.15) is 0 Å². The maximum Gasteiger partial charge on any atom is 0.304 e. The number of aryl methyl sites for hydroxylation is 1. The van der Waals surface area contributed by atoms with E-state index >= 15 is 0 Å². The Morgan fingerprint density at radius 2 is 2.18 bits per heavy atom. The molecule has 2 aromatic rings. The first kappa shape index (κ1) is 15.0. The zero-order valence-corrected chi connectivity index (χ0v) is 13.4. The van der Waals surface area contributed by atoms with E-state index in [1.165, 1.54) is 10.5 Å². The fraction of sp³-hybridized carbons (Fsp3) is 0.286. The molecule has 1 aromatic heterocycles. The van der Waals surface area contributed by atoms with Crippen LogP contribution in [0.2, 0.25) is 0 Å². The van der Waals surface area contributed by atoms with Crippen molar-refractivity contribution in [3.8, 4) is 0 Å². The fourth-order valence-electron chi connectivity index (χ4n) is 2.64. The van der Waals surface area contributed by atoms with Crippen LogP contribution in [0.5, 0.6) is 0 Å². The zero-order chi connectivity index (χ0) is 15.9. The van der Waals surface area contributed by atoms with Crippen molar-refractivity contribution in [3.63, 3.8) is 0 Å². The molecule has 0 saturated carbocycles. The van der Waals surface area contributed by atoms with Gasteiger partial charge >= 0.3 is 5.97 Å². The summed E-state index contributed by atoms with van der Waals surface area (Å²) in [7, 11) is -3.70. The molecule has 3 rings (SSSR count). The van der Waals surface area contributed by atoms with E-state index in [1.54, 1.807) is 31.2 Å². The highest BCUT2D eigenvalue weighted by atomic mass is 32.2. The monoisotopic (exact) mass is 338 g/mol. The summed E-state index contributed by atoms with van der Waals surface area (Å²) in [5.41, 5.74) is 1.31. The molecular formula is C14H14N2O4S2. The van der Waals surface area contributed by atoms with Crippen LogP contribution < -0.4 is 4.31 Å². The summed E-state index contributed by atoms with van der Waals surface area (Å²) < 4.78 is 27.1. The molecule has 116 valence electrons. The van der Waals surface area contributed by atoms with Gasteiger partial charge in [0.25, 0.3) is 10.0 Å². The Morgan fingerprint density at radius 1 is 1.45 bits per heavy atom. The molecule has 0 bridgehead atoms. The minimum atomic E-state index is -3.70. The number of fused-ring (bicyclic) bond motifs is 1. The molecule has 0 fully saturated rings. The lowest BCUT2D eigenvalue weighted by atomic mass is 9.98. The van der Waals surface area contributed by atoms with Crippen LogP contribution in [0.1, 0.15) is 22.9 Å². The fourth-order valence-corrected chi connectivity index (χ4v) is 5.40. The molecule has 0 saturated heterocycles. The molecule has 2 heterocycles. The summed E-state index contributed by atoms with van der Waals surface area (Å²) in [4.78, 5) is 15.0. The highest BCUT2D eigenvalue weighted by Crippen LogP contribution is 2.41. The van der Waals surface area contributed by atoms with Crippen molar-refractivity contribution in [1.29, 1.82) is 0 Å². The van der Waals surface area contributed by atoms with Gasteiger partial charge in [-0.1, -0.05) is 18.2 Å². The number of hydrogen-bond acceptors (Lipinski definition) is 5. The zero-order valence-electron chi connectivity index (χ0n) is 11.8. The summed E-state index contributed by atoms with van der Waals surface area (Å²) in [6, 6.07) is 7.04. The summed E-state index contributed by atoms with van der Waals surface area (Å²) in [5.74, 6) is -1.27. The second-order valence-corrected chi connectivity index (χ2v) is 8.41. The van der Waals surface area contributed by atoms with Crippen molar-refractivity contribution in [2.24, 2.45) is 0 Å². The number of anilines is 1. The number of para-hydroxylation sites is 1. The Hall–Kier alpha value is -1.93. The van der Waals surface area contributed by atoms with Crippen molar-refractivity contribution >= 4 is 33.0 Å². The molecule has 1 aliphatic heterocycles. The Morgan fingerprint density at radius 3 is 2.82 bits per heavy atom. The average Bonchev–Trinajstić information content (AvgIpc) is 3.04. The van der Waals surface area contributed by atoms with Gasteiger partial charge in [-0.25, -0.2) is 13.4 Å². The maximum absolute atomic E-state index is 12.8. The third kappa shape index (κ3) is 2.48. The molecule has 1 aliphatic rings. The SMILES string of the molecule is Cc1ncc(S(=O)(=O)N2CC(CC(=O)O)c3ccccc32)s1. The quantitative estimate of drug-likeness (QED) is 0.923. The van der Waals surface area contributed by atoms with Gasteiger partial charge in [0.05, 0.1) is 23.3 Å². The van der Waals surface area contributed by atoms with E-state index in [0.29, 0.717) is 10.7 Å². The van der Waals surface area contributed by atoms with Gasteiger partial charge < -0.3 is 5.11 Å². The molecule has 1 unspecified atom stereocenters. The second kappa shape index (κ2) is 5.36. The van der Waals surface area contributed by atoms with Gasteiger partial charge in [-0.3, -0.25) is 9.10 Å². The van der Waals surface area contributed by atoms with Crippen molar-refractivity contribution in [2.75, 3.05) is 10.8 Å². The van der Waals surface area contributed by atoms with E-state index in [4.69, 9.17) is 5.11 Å². The maximum atomic E-state index is 12.8. The average molecular weight is 338 g/mol. The largest absolute Gasteiger partial charge is 0.481 e. The lowest BCUT2D eigenvalue weighted by Crippen LogP contribution is -2.29. The second-order valence-electron chi connectivity index (χ2n) is 5.09. The number of nitrogens with zero attached hydrogens (tertiary/aromatic N) is 2. The number of aliphatic carboxylic acids is 1. The number of sulfonamides is 1. The standard InChI is InChI=1S/C14H14N2O4S2/c1-9-15-7-14(21-9)22(19,20)16-8-10(6-13(17)18)11-4-2-3-5-12(11)16/h2-5,7,10H,6,8H2,1H3,(H,17,18). The van der Waals surface area contributed by atoms with Gasteiger partial charge in [0, 0.05) is 12.5 Å². The van der Waals surface area contributed by atoms with E-state index < -0.39 is 16.0 Å². The van der Waals surface area contributed by atoms with E-state index in [-0.39, 0.29) is 23.1 Å². The van der Waals surface area contributed by atoms with E-state index in [9.17, 15) is 13.2 Å². The lowest BCUT2D eigenvalue weighted by Gasteiger charge is -2.18. The van der Waals surface area contributed by atoms with Crippen molar-refractivity contribution in [3.05, 3.63) is 41.0 Å². The molecule has 0 amide bonds. The van der Waals surface area contributed by atoms with Gasteiger partial charge in [-0.2, -0.15) is 0 Å². The van der Waals surface area contributed by atoms with Crippen molar-refractivity contribution in [2.45, 2.75) is 23.5 Å². The summed E-state index contributed by atoms with van der Waals surface area (Å²) in [5, 5.41) is 9.71. The van der Waals surface area contributed by atoms with Gasteiger partial charge in [-0.05, 0) is 18.6 Å². The minimum absolute atomic E-state index is 0.0925. The van der Waals surface area contributed by atoms with E-state index in [2.05, 4.69) is 4.98 Å². The van der Waals surface area contributed by atoms with Gasteiger partial charge in [0.15, 0.2) is 4.21 Å². The van der Waals surface area contributed by atoms with Gasteiger partial charge in [-0.15, -0.1) is 11.3 Å². The number of carboxylic acid groups (broad SMARTS) is 1. The number of hydrogen-bond donors (Lipinski definition) is 1. The molecule has 0 aliphatic carbocycles. The molecule has 0 radical (unpaired) electrons. The van der Waals surface area contributed by atoms with Crippen LogP contribution in [-0.4, -0.2) is 31.0 Å². The number of thiazole rings is 1. The van der Waals surface area contributed by atoms with E-state index in [1.807, 2.05) is 0 Å². The lowest BCUT2D eigenvalue weighted by molar-refractivity contribution is -0.137. The molecule has 22 heavy (non-hydrogen) atoms. The predicted octanol–water partition coefficient (Wildman–Crippen LogP) is 2.22. The Kier molecular flexibility index (Phi) is 3.65. The van der Waals surface area contributed by atoms with Crippen LogP contribution in [-0.2, 0) is 14.8 Å². The third-order valence-corrected chi connectivity index (χ3v) is 6.73. The number of carbonyl (C=O) groups is 1. The molecule has 1 aromatic carbocycles. The smallest absolute Gasteiger partial charge is 0.304 e. The summed E-state index contributed by atoms with van der Waals surface area (Å²) in [6.45, 7) is 1.89. The molecule has 6 nitrogen and oxygen atoms in total. The topological polar surface area (TPSA) is 87.6 Å². The normalized spacial score (nSPS) is 17.5. The van der Waals surface area contributed by atoms with Crippen LogP contribution in [0.3, 0.4) is 0 Å². The summed E-state index contributed by atoms with van der Waals surface area (Å²) in [6.07, 6.45) is 1.26. The molecule has 0 spiro atoms. The first-order valence-electron chi connectivity index (χ1n) is 6.65. The summed E-state index contributed by atoms with van der Waals surface area (Å²) >= 11 is 1.11. The van der Waals surface area contributed by atoms with Crippen LogP contribution >= 0.6 is 11.3 Å². The van der Waals surface area contributed by atoms with Crippen LogP contribution in [0.15, 0.2) is 34.7 Å². The predicted molar refractivity (Wildman–Crippen MR) is 82.8 cm³/mol. The molecule has 1 N–H and O–H groups in total. The number of benzene rings is 1. The van der Waals surface area contributed by atoms with Crippen LogP contribution in [0.25, 0.3) is 0 Å². The van der Waals surface area contributed by atoms with Crippen LogP contribution in [0.4, 0.5) is 5.69 Å². The minimum Gasteiger partial charge on any atom is -0.481 e. The van der Waals surface area contributed by atoms with Crippen molar-refractivity contribution in [1.82, 2.24) is 4.98 Å². The Balaban J connectivity index is 2.04. The Labute approximate surface area is 132 Å². The third-order valence-electron chi connectivity index (χ3n) is 3.60. The molecule has 1 atom stereocenters. The van der Waals surface area contributed by atoms with Gasteiger partial charge in [0.2, 0.25) is 0 Å². The van der Waals surface area contributed by atoms with Crippen LogP contribution in [0, 0.1) is 6.92 Å². The number of rotatable bonds is 4. The Bertz CT molecular complexity index is 829. The van der Waals surface area contributed by atoms with Crippen molar-refractivity contribution < 1.29 is 18.3 Å². The first-order chi connectivity index (χ1) is 10.4.